The summed E-state index contributed by atoms with van der Waals surface area (Å²) in [6.45, 7) is 4.35. The molecule has 0 aliphatic heterocycles. The average molecular weight is 311 g/mol. The van der Waals surface area contributed by atoms with E-state index >= 15 is 0 Å². The second-order valence-electron chi connectivity index (χ2n) is 3.62. The minimum atomic E-state index is 1.08. The van der Waals surface area contributed by atoms with Gasteiger partial charge in [0.25, 0.3) is 0 Å². The Kier molecular flexibility index (Phi) is 3.14. The molecule has 0 radical (unpaired) electrons. The Morgan fingerprint density at radius 1 is 1.33 bits per heavy atom. The highest BCUT2D eigenvalue weighted by atomic mass is 127. The highest BCUT2D eigenvalue weighted by molar-refractivity contribution is 14.1. The molecule has 1 aromatic heterocycles. The second kappa shape index (κ2) is 4.39. The standard InChI is InChI=1S/C13H14IN/c1-3-4-8-12-10(2)11-7-5-6-9-13(11)15(12)14/h4-9H,3H2,1-2H3/b8-4-. The third kappa shape index (κ3) is 1.83. The van der Waals surface area contributed by atoms with Crippen molar-refractivity contribution >= 4 is 39.8 Å². The van der Waals surface area contributed by atoms with Gasteiger partial charge in [-0.2, -0.15) is 0 Å². The molecule has 1 aromatic carbocycles. The molecule has 2 rings (SSSR count). The van der Waals surface area contributed by atoms with E-state index in [-0.39, 0.29) is 0 Å². The van der Waals surface area contributed by atoms with Crippen LogP contribution in [0.15, 0.2) is 30.3 Å². The van der Waals surface area contributed by atoms with Crippen molar-refractivity contribution in [2.45, 2.75) is 20.3 Å². The van der Waals surface area contributed by atoms with E-state index in [4.69, 9.17) is 0 Å². The SMILES string of the molecule is CC/C=C\c1c(C)c2ccccc2n1I. The smallest absolute Gasteiger partial charge is 0.0646 e. The molecule has 1 heterocycles. The van der Waals surface area contributed by atoms with Crippen LogP contribution in [0, 0.1) is 6.92 Å². The maximum Gasteiger partial charge on any atom is 0.0646 e. The summed E-state index contributed by atoms with van der Waals surface area (Å²) in [5, 5.41) is 1.35. The van der Waals surface area contributed by atoms with E-state index in [1.165, 1.54) is 22.2 Å². The molecule has 0 bridgehead atoms. The van der Waals surface area contributed by atoms with Crippen LogP contribution in [0.3, 0.4) is 0 Å². The summed E-state index contributed by atoms with van der Waals surface area (Å²) in [6, 6.07) is 8.53. The number of nitrogens with zero attached hydrogens (tertiary/aromatic N) is 1. The first-order chi connectivity index (χ1) is 7.25. The second-order valence-corrected chi connectivity index (χ2v) is 4.58. The van der Waals surface area contributed by atoms with Crippen LogP contribution in [0.2, 0.25) is 0 Å². The van der Waals surface area contributed by atoms with Gasteiger partial charge in [0.05, 0.1) is 34.1 Å². The monoisotopic (exact) mass is 311 g/mol. The molecule has 15 heavy (non-hydrogen) atoms. The van der Waals surface area contributed by atoms with E-state index in [0.717, 1.165) is 6.42 Å². The van der Waals surface area contributed by atoms with Crippen molar-refractivity contribution < 1.29 is 0 Å². The lowest BCUT2D eigenvalue weighted by molar-refractivity contribution is 1.23. The number of halogens is 1. The van der Waals surface area contributed by atoms with Crippen molar-refractivity contribution in [3.8, 4) is 0 Å². The van der Waals surface area contributed by atoms with Gasteiger partial charge in [-0.3, -0.25) is 2.78 Å². The minimum Gasteiger partial charge on any atom is -0.282 e. The third-order valence-corrected chi connectivity index (χ3v) is 3.67. The zero-order chi connectivity index (χ0) is 10.8. The van der Waals surface area contributed by atoms with Crippen molar-refractivity contribution in [3.63, 3.8) is 0 Å². The summed E-state index contributed by atoms with van der Waals surface area (Å²) < 4.78 is 2.23. The lowest BCUT2D eigenvalue weighted by Crippen LogP contribution is -1.82. The van der Waals surface area contributed by atoms with Crippen molar-refractivity contribution in [2.75, 3.05) is 0 Å². The van der Waals surface area contributed by atoms with E-state index in [2.05, 4.69) is 75.9 Å². The van der Waals surface area contributed by atoms with Crippen LogP contribution in [0.25, 0.3) is 17.0 Å². The Morgan fingerprint density at radius 3 is 2.73 bits per heavy atom. The van der Waals surface area contributed by atoms with E-state index in [9.17, 15) is 0 Å². The molecule has 0 amide bonds. The zero-order valence-electron chi connectivity index (χ0n) is 9.00. The molecule has 0 spiro atoms. The van der Waals surface area contributed by atoms with Crippen LogP contribution in [0.4, 0.5) is 0 Å². The van der Waals surface area contributed by atoms with Gasteiger partial charge in [-0.15, -0.1) is 0 Å². The molecule has 78 valence electrons. The van der Waals surface area contributed by atoms with Gasteiger partial charge in [0.2, 0.25) is 0 Å². The molecular weight excluding hydrogens is 297 g/mol. The predicted octanol–water partition coefficient (Wildman–Crippen LogP) is 4.57. The molecule has 2 heteroatoms. The zero-order valence-corrected chi connectivity index (χ0v) is 11.2. The van der Waals surface area contributed by atoms with Gasteiger partial charge >= 0.3 is 0 Å². The Hall–Kier alpha value is -0.770. The van der Waals surface area contributed by atoms with Gasteiger partial charge < -0.3 is 0 Å². The number of rotatable bonds is 2. The molecule has 1 nitrogen and oxygen atoms in total. The molecule has 0 aliphatic rings. The number of hydrogen-bond donors (Lipinski definition) is 0. The molecule has 0 aliphatic carbocycles. The molecule has 2 aromatic rings. The lowest BCUT2D eigenvalue weighted by atomic mass is 10.1. The first-order valence-corrected chi connectivity index (χ1v) is 6.15. The van der Waals surface area contributed by atoms with Gasteiger partial charge in [0, 0.05) is 5.39 Å². The minimum absolute atomic E-state index is 1.08. The van der Waals surface area contributed by atoms with E-state index in [1.54, 1.807) is 0 Å². The number of benzene rings is 1. The van der Waals surface area contributed by atoms with Crippen molar-refractivity contribution in [1.82, 2.24) is 2.78 Å². The molecule has 0 N–H and O–H groups in total. The number of aromatic nitrogens is 1. The maximum atomic E-state index is 2.36. The van der Waals surface area contributed by atoms with Gasteiger partial charge in [-0.05, 0) is 31.1 Å². The lowest BCUT2D eigenvalue weighted by Gasteiger charge is -1.96. The number of aryl methyl sites for hydroxylation is 1. The Morgan fingerprint density at radius 2 is 2.07 bits per heavy atom. The quantitative estimate of drug-likeness (QED) is 0.716. The topological polar surface area (TPSA) is 4.93 Å². The highest BCUT2D eigenvalue weighted by Crippen LogP contribution is 2.28. The average Bonchev–Trinajstić information content (AvgIpc) is 2.51. The van der Waals surface area contributed by atoms with Crippen LogP contribution in [0.1, 0.15) is 24.6 Å². The van der Waals surface area contributed by atoms with E-state index in [0.29, 0.717) is 0 Å². The highest BCUT2D eigenvalue weighted by Gasteiger charge is 2.08. The van der Waals surface area contributed by atoms with E-state index in [1.807, 2.05) is 0 Å². The largest absolute Gasteiger partial charge is 0.282 e. The Bertz CT molecular complexity index is 469. The molecule has 0 saturated carbocycles. The Balaban J connectivity index is 2.69. The van der Waals surface area contributed by atoms with Crippen molar-refractivity contribution in [3.05, 3.63) is 41.6 Å². The van der Waals surface area contributed by atoms with Crippen LogP contribution in [-0.2, 0) is 0 Å². The molecule has 0 fully saturated rings. The summed E-state index contributed by atoms with van der Waals surface area (Å²) in [7, 11) is 0. The predicted molar refractivity (Wildman–Crippen MR) is 75.4 cm³/mol. The molecule has 0 atom stereocenters. The van der Waals surface area contributed by atoms with Crippen LogP contribution < -0.4 is 0 Å². The van der Waals surface area contributed by atoms with E-state index < -0.39 is 0 Å². The first kappa shape index (κ1) is 10.7. The van der Waals surface area contributed by atoms with Gasteiger partial charge in [-0.1, -0.05) is 31.2 Å². The summed E-state index contributed by atoms with van der Waals surface area (Å²) in [4.78, 5) is 0. The number of allylic oxidation sites excluding steroid dienone is 1. The fourth-order valence-corrected chi connectivity index (χ4v) is 2.74. The van der Waals surface area contributed by atoms with Gasteiger partial charge in [-0.25, -0.2) is 0 Å². The van der Waals surface area contributed by atoms with Crippen molar-refractivity contribution in [1.29, 1.82) is 0 Å². The Labute approximate surface area is 104 Å². The summed E-state index contributed by atoms with van der Waals surface area (Å²) >= 11 is 2.36. The molecular formula is C13H14IN. The molecule has 0 saturated heterocycles. The van der Waals surface area contributed by atoms with Crippen LogP contribution in [-0.4, -0.2) is 2.78 Å². The van der Waals surface area contributed by atoms with Crippen LogP contribution >= 0.6 is 22.9 Å². The maximum absolute atomic E-state index is 2.36. The fourth-order valence-electron chi connectivity index (χ4n) is 1.80. The normalized spacial score (nSPS) is 11.7. The van der Waals surface area contributed by atoms with Gasteiger partial charge in [0.1, 0.15) is 0 Å². The van der Waals surface area contributed by atoms with Crippen LogP contribution in [0.5, 0.6) is 0 Å². The first-order valence-electron chi connectivity index (χ1n) is 5.18. The summed E-state index contributed by atoms with van der Waals surface area (Å²) in [5.41, 5.74) is 3.97. The van der Waals surface area contributed by atoms with Gasteiger partial charge in [0.15, 0.2) is 0 Å². The third-order valence-electron chi connectivity index (χ3n) is 2.63. The fraction of sp³-hybridized carbons (Fsp3) is 0.231. The number of fused-ring (bicyclic) bond motifs is 1. The number of hydrogen-bond acceptors (Lipinski definition) is 0. The number of para-hydroxylation sites is 1. The summed E-state index contributed by atoms with van der Waals surface area (Å²) in [5.74, 6) is 0. The van der Waals surface area contributed by atoms with Crippen molar-refractivity contribution in [2.24, 2.45) is 0 Å². The molecule has 0 unspecified atom stereocenters. The summed E-state index contributed by atoms with van der Waals surface area (Å²) in [6.07, 6.45) is 5.50.